The Morgan fingerprint density at radius 1 is 0.976 bits per heavy atom. The van der Waals surface area contributed by atoms with Gasteiger partial charge in [0.2, 0.25) is 0 Å². The summed E-state index contributed by atoms with van der Waals surface area (Å²) < 4.78 is 11.3. The van der Waals surface area contributed by atoms with Crippen molar-refractivity contribution in [2.45, 2.75) is 110 Å². The number of nitrogens with zero attached hydrogens (tertiary/aromatic N) is 3. The van der Waals surface area contributed by atoms with Crippen LogP contribution in [0.1, 0.15) is 95.7 Å². The van der Waals surface area contributed by atoms with Crippen molar-refractivity contribution in [1.82, 2.24) is 20.1 Å². The Balaban J connectivity index is 1.51. The maximum Gasteiger partial charge on any atom is 0.410 e. The van der Waals surface area contributed by atoms with E-state index in [9.17, 15) is 9.59 Å². The highest BCUT2D eigenvalue weighted by molar-refractivity contribution is 5.69. The molecule has 0 fully saturated rings. The predicted molar refractivity (Wildman–Crippen MR) is 161 cm³/mol. The van der Waals surface area contributed by atoms with E-state index in [-0.39, 0.29) is 24.3 Å². The first-order chi connectivity index (χ1) is 19.4. The lowest BCUT2D eigenvalue weighted by Gasteiger charge is -2.42. The largest absolute Gasteiger partial charge is 0.444 e. The topological polar surface area (TPSA) is 84.0 Å². The fourth-order valence-corrected chi connectivity index (χ4v) is 5.81. The second kappa shape index (κ2) is 13.2. The molecular formula is C33H48N4O4. The Labute approximate surface area is 245 Å². The van der Waals surface area contributed by atoms with Crippen LogP contribution in [0.2, 0.25) is 0 Å². The van der Waals surface area contributed by atoms with E-state index in [1.54, 1.807) is 0 Å². The van der Waals surface area contributed by atoms with E-state index in [1.165, 1.54) is 16.7 Å². The Morgan fingerprint density at radius 3 is 2.41 bits per heavy atom. The Hall–Kier alpha value is -3.13. The van der Waals surface area contributed by atoms with Gasteiger partial charge in [0.1, 0.15) is 11.2 Å². The van der Waals surface area contributed by atoms with Gasteiger partial charge in [-0.2, -0.15) is 0 Å². The molecule has 4 rings (SSSR count). The minimum atomic E-state index is -0.564. The number of amides is 2. The Kier molecular flexibility index (Phi) is 9.95. The first kappa shape index (κ1) is 30.8. The van der Waals surface area contributed by atoms with Gasteiger partial charge in [0.15, 0.2) is 0 Å². The van der Waals surface area contributed by atoms with Gasteiger partial charge in [0, 0.05) is 25.8 Å². The average Bonchev–Trinajstić information content (AvgIpc) is 2.89. The number of carbonyl (C=O) groups excluding carboxylic acids is 2. The fourth-order valence-electron chi connectivity index (χ4n) is 5.81. The van der Waals surface area contributed by atoms with Crippen LogP contribution in [0.3, 0.4) is 0 Å². The van der Waals surface area contributed by atoms with E-state index >= 15 is 0 Å². The van der Waals surface area contributed by atoms with Crippen molar-refractivity contribution in [1.29, 1.82) is 0 Å². The minimum Gasteiger partial charge on any atom is -0.444 e. The zero-order valence-electron chi connectivity index (χ0n) is 25.7. The highest BCUT2D eigenvalue weighted by Gasteiger charge is 2.36. The molecule has 1 aliphatic heterocycles. The number of hydrogen-bond donors (Lipinski definition) is 1. The second-order valence-electron chi connectivity index (χ2n) is 13.3. The number of benzene rings is 1. The van der Waals surface area contributed by atoms with Gasteiger partial charge >= 0.3 is 12.2 Å². The van der Waals surface area contributed by atoms with Gasteiger partial charge in [-0.15, -0.1) is 0 Å². The van der Waals surface area contributed by atoms with E-state index in [2.05, 4.69) is 34.5 Å². The second-order valence-corrected chi connectivity index (χ2v) is 13.3. The number of aromatic nitrogens is 1. The number of alkyl carbamates (subject to hydrolysis) is 1. The molecule has 1 N–H and O–H groups in total. The molecule has 0 bridgehead atoms. The minimum absolute atomic E-state index is 0.0197. The molecule has 0 radical (unpaired) electrons. The maximum absolute atomic E-state index is 13.5. The summed E-state index contributed by atoms with van der Waals surface area (Å²) in [6, 6.07) is 12.8. The predicted octanol–water partition coefficient (Wildman–Crippen LogP) is 6.43. The molecule has 8 nitrogen and oxygen atoms in total. The van der Waals surface area contributed by atoms with Crippen LogP contribution in [-0.2, 0) is 28.9 Å². The molecule has 1 aromatic heterocycles. The number of unbranched alkanes of at least 4 members (excludes halogenated alkanes) is 1. The maximum atomic E-state index is 13.5. The number of nitrogens with one attached hydrogen (secondary N) is 1. The SMILES string of the molecule is CC(C)(C)OC(=O)NCCCCN(CC1Cc2ccccc2CN1C(=O)OC(C)(C)C)[C@H]1CCCc2cccnc21. The molecule has 224 valence electrons. The number of pyridine rings is 1. The van der Waals surface area contributed by atoms with E-state index < -0.39 is 11.2 Å². The Bertz CT molecular complexity index is 1190. The standard InChI is InChI=1S/C33H48N4O4/c1-32(2,3)40-30(38)35-18-9-10-20-36(28-17-11-15-24-16-12-19-34-29(24)28)23-27-21-25-13-7-8-14-26(25)22-37(27)31(39)41-33(4,5)6/h7-8,12-14,16,19,27-28H,9-11,15,17-18,20-23H2,1-6H3,(H,35,38)/t27?,28-/m0/s1. The van der Waals surface area contributed by atoms with Gasteiger partial charge in [-0.05, 0) is 109 Å². The van der Waals surface area contributed by atoms with Crippen molar-refractivity contribution >= 4 is 12.2 Å². The van der Waals surface area contributed by atoms with Crippen LogP contribution in [0, 0.1) is 0 Å². The van der Waals surface area contributed by atoms with Crippen LogP contribution in [0.15, 0.2) is 42.6 Å². The zero-order chi connectivity index (χ0) is 29.6. The normalized spacial score (nSPS) is 18.9. The molecule has 1 aliphatic carbocycles. The molecule has 2 aromatic rings. The quantitative estimate of drug-likeness (QED) is 0.372. The average molecular weight is 565 g/mol. The number of carbonyl (C=O) groups is 2. The number of hydrogen-bond acceptors (Lipinski definition) is 6. The summed E-state index contributed by atoms with van der Waals surface area (Å²) in [6.45, 7) is 14.0. The summed E-state index contributed by atoms with van der Waals surface area (Å²) in [5.74, 6) is 0. The lowest BCUT2D eigenvalue weighted by molar-refractivity contribution is 0.00455. The van der Waals surface area contributed by atoms with Crippen LogP contribution < -0.4 is 5.32 Å². The smallest absolute Gasteiger partial charge is 0.410 e. The lowest BCUT2D eigenvalue weighted by atomic mass is 9.89. The van der Waals surface area contributed by atoms with Crippen LogP contribution >= 0.6 is 0 Å². The first-order valence-electron chi connectivity index (χ1n) is 15.1. The van der Waals surface area contributed by atoms with Crippen LogP contribution in [0.4, 0.5) is 9.59 Å². The van der Waals surface area contributed by atoms with Gasteiger partial charge in [-0.3, -0.25) is 14.8 Å². The van der Waals surface area contributed by atoms with Crippen molar-refractivity contribution < 1.29 is 19.1 Å². The molecule has 41 heavy (non-hydrogen) atoms. The monoisotopic (exact) mass is 564 g/mol. The fraction of sp³-hybridized carbons (Fsp3) is 0.606. The van der Waals surface area contributed by atoms with Gasteiger partial charge in [-0.25, -0.2) is 9.59 Å². The molecule has 1 unspecified atom stereocenters. The van der Waals surface area contributed by atoms with Crippen LogP contribution in [-0.4, -0.2) is 63.8 Å². The summed E-state index contributed by atoms with van der Waals surface area (Å²) >= 11 is 0. The summed E-state index contributed by atoms with van der Waals surface area (Å²) in [6.07, 6.45) is 6.98. The third-order valence-electron chi connectivity index (χ3n) is 7.58. The molecular weight excluding hydrogens is 516 g/mol. The Morgan fingerprint density at radius 2 is 1.68 bits per heavy atom. The van der Waals surface area contributed by atoms with Crippen LogP contribution in [0.25, 0.3) is 0 Å². The van der Waals surface area contributed by atoms with Crippen LogP contribution in [0.5, 0.6) is 0 Å². The molecule has 0 spiro atoms. The van der Waals surface area contributed by atoms with Gasteiger partial charge in [-0.1, -0.05) is 30.3 Å². The third kappa shape index (κ3) is 8.93. The van der Waals surface area contributed by atoms with Crippen molar-refractivity contribution in [2.75, 3.05) is 19.6 Å². The van der Waals surface area contributed by atoms with Crippen molar-refractivity contribution in [3.63, 3.8) is 0 Å². The van der Waals surface area contributed by atoms with Crippen molar-refractivity contribution in [2.24, 2.45) is 0 Å². The van der Waals surface area contributed by atoms with E-state index in [0.29, 0.717) is 13.1 Å². The summed E-state index contributed by atoms with van der Waals surface area (Å²) in [4.78, 5) is 34.9. The van der Waals surface area contributed by atoms with Crippen molar-refractivity contribution in [3.05, 3.63) is 65.0 Å². The molecule has 0 saturated heterocycles. The van der Waals surface area contributed by atoms with E-state index in [1.807, 2.05) is 64.8 Å². The molecule has 2 aliphatic rings. The molecule has 2 atom stereocenters. The number of aryl methyl sites for hydroxylation is 1. The summed E-state index contributed by atoms with van der Waals surface area (Å²) in [5, 5.41) is 2.88. The first-order valence-corrected chi connectivity index (χ1v) is 15.1. The number of rotatable bonds is 8. The van der Waals surface area contributed by atoms with E-state index in [4.69, 9.17) is 14.5 Å². The summed E-state index contributed by atoms with van der Waals surface area (Å²) in [7, 11) is 0. The van der Waals surface area contributed by atoms with Crippen molar-refractivity contribution in [3.8, 4) is 0 Å². The third-order valence-corrected chi connectivity index (χ3v) is 7.58. The number of ether oxygens (including phenoxy) is 2. The van der Waals surface area contributed by atoms with E-state index in [0.717, 1.165) is 57.3 Å². The molecule has 0 saturated carbocycles. The summed E-state index contributed by atoms with van der Waals surface area (Å²) in [5.41, 5.74) is 3.87. The molecule has 8 heteroatoms. The number of fused-ring (bicyclic) bond motifs is 2. The lowest BCUT2D eigenvalue weighted by Crippen LogP contribution is -2.52. The van der Waals surface area contributed by atoms with Gasteiger partial charge < -0.3 is 14.8 Å². The highest BCUT2D eigenvalue weighted by atomic mass is 16.6. The van der Waals surface area contributed by atoms with Gasteiger partial charge in [0.25, 0.3) is 0 Å². The molecule has 2 heterocycles. The van der Waals surface area contributed by atoms with Gasteiger partial charge in [0.05, 0.1) is 17.8 Å². The molecule has 1 aromatic carbocycles. The molecule has 2 amide bonds. The zero-order valence-corrected chi connectivity index (χ0v) is 25.7. The highest BCUT2D eigenvalue weighted by Crippen LogP contribution is 2.35.